The van der Waals surface area contributed by atoms with Crippen molar-refractivity contribution >= 4 is 29.3 Å². The standard InChI is InChI=1S/C23H16ClFN2O2/c24-19-6-5-15(11-16-3-1-2-4-22(16)25)17(13-19)12-18(14-26)23(29)27-20-7-9-21(28)10-8-20/h1-10,12-13,28H,11H2,(H,27,29)/b18-12+. The lowest BCUT2D eigenvalue weighted by molar-refractivity contribution is -0.112. The van der Waals surface area contributed by atoms with Crippen LogP contribution in [-0.2, 0) is 11.2 Å². The molecular weight excluding hydrogens is 391 g/mol. The summed E-state index contributed by atoms with van der Waals surface area (Å²) in [5.74, 6) is -0.867. The number of nitrogens with one attached hydrogen (secondary N) is 1. The first kappa shape index (κ1) is 20.1. The van der Waals surface area contributed by atoms with Gasteiger partial charge in [-0.2, -0.15) is 5.26 Å². The number of carbonyl (C=O) groups is 1. The normalized spacial score (nSPS) is 11.0. The van der Waals surface area contributed by atoms with E-state index >= 15 is 0 Å². The van der Waals surface area contributed by atoms with E-state index in [0.29, 0.717) is 21.8 Å². The molecule has 4 nitrogen and oxygen atoms in total. The quantitative estimate of drug-likeness (QED) is 0.342. The fraction of sp³-hybridized carbons (Fsp3) is 0.0435. The van der Waals surface area contributed by atoms with Crippen molar-refractivity contribution in [2.45, 2.75) is 6.42 Å². The van der Waals surface area contributed by atoms with Gasteiger partial charge in [-0.1, -0.05) is 35.9 Å². The van der Waals surface area contributed by atoms with Crippen molar-refractivity contribution in [1.29, 1.82) is 5.26 Å². The highest BCUT2D eigenvalue weighted by molar-refractivity contribution is 6.30. The number of halogens is 2. The van der Waals surface area contributed by atoms with Crippen LogP contribution in [-0.4, -0.2) is 11.0 Å². The zero-order valence-electron chi connectivity index (χ0n) is 15.2. The van der Waals surface area contributed by atoms with E-state index < -0.39 is 5.91 Å². The highest BCUT2D eigenvalue weighted by Crippen LogP contribution is 2.23. The number of hydrogen-bond acceptors (Lipinski definition) is 3. The molecule has 0 bridgehead atoms. The Morgan fingerprint density at radius 3 is 2.52 bits per heavy atom. The Morgan fingerprint density at radius 2 is 1.83 bits per heavy atom. The zero-order valence-corrected chi connectivity index (χ0v) is 15.9. The van der Waals surface area contributed by atoms with Gasteiger partial charge >= 0.3 is 0 Å². The molecule has 2 N–H and O–H groups in total. The summed E-state index contributed by atoms with van der Waals surface area (Å²) in [7, 11) is 0. The van der Waals surface area contributed by atoms with Gasteiger partial charge in [0.15, 0.2) is 0 Å². The topological polar surface area (TPSA) is 73.1 Å². The van der Waals surface area contributed by atoms with E-state index in [4.69, 9.17) is 11.6 Å². The third kappa shape index (κ3) is 5.22. The molecule has 0 saturated carbocycles. The highest BCUT2D eigenvalue weighted by atomic mass is 35.5. The molecule has 0 atom stereocenters. The molecule has 0 fully saturated rings. The molecule has 6 heteroatoms. The van der Waals surface area contributed by atoms with Gasteiger partial charge in [0, 0.05) is 17.1 Å². The molecule has 0 spiro atoms. The van der Waals surface area contributed by atoms with Crippen LogP contribution in [0.3, 0.4) is 0 Å². The maximum Gasteiger partial charge on any atom is 0.266 e. The van der Waals surface area contributed by atoms with Crippen molar-refractivity contribution < 1.29 is 14.3 Å². The van der Waals surface area contributed by atoms with Crippen LogP contribution in [0.25, 0.3) is 6.08 Å². The van der Waals surface area contributed by atoms with Crippen molar-refractivity contribution in [1.82, 2.24) is 0 Å². The molecule has 29 heavy (non-hydrogen) atoms. The van der Waals surface area contributed by atoms with Crippen LogP contribution >= 0.6 is 11.6 Å². The van der Waals surface area contributed by atoms with Crippen LogP contribution in [0.4, 0.5) is 10.1 Å². The molecule has 0 aliphatic carbocycles. The fourth-order valence-electron chi connectivity index (χ4n) is 2.76. The first-order valence-electron chi connectivity index (χ1n) is 8.70. The van der Waals surface area contributed by atoms with Crippen LogP contribution < -0.4 is 5.32 Å². The van der Waals surface area contributed by atoms with Crippen molar-refractivity contribution in [3.63, 3.8) is 0 Å². The molecule has 0 unspecified atom stereocenters. The second-order valence-corrected chi connectivity index (χ2v) is 6.72. The monoisotopic (exact) mass is 406 g/mol. The molecule has 0 radical (unpaired) electrons. The maximum absolute atomic E-state index is 14.0. The smallest absolute Gasteiger partial charge is 0.266 e. The Balaban J connectivity index is 1.91. The first-order chi connectivity index (χ1) is 14.0. The first-order valence-corrected chi connectivity index (χ1v) is 9.08. The molecule has 0 heterocycles. The van der Waals surface area contributed by atoms with Gasteiger partial charge in [-0.15, -0.1) is 0 Å². The molecule has 3 aromatic carbocycles. The van der Waals surface area contributed by atoms with Crippen molar-refractivity contribution in [3.05, 3.63) is 99.8 Å². The highest BCUT2D eigenvalue weighted by Gasteiger charge is 2.12. The van der Waals surface area contributed by atoms with Gasteiger partial charge < -0.3 is 10.4 Å². The van der Waals surface area contributed by atoms with Gasteiger partial charge in [-0.25, -0.2) is 4.39 Å². The molecule has 0 saturated heterocycles. The number of anilines is 1. The van der Waals surface area contributed by atoms with E-state index in [9.17, 15) is 19.6 Å². The van der Waals surface area contributed by atoms with Crippen molar-refractivity contribution in [2.75, 3.05) is 5.32 Å². The molecule has 1 amide bonds. The largest absolute Gasteiger partial charge is 0.508 e. The number of carbonyl (C=O) groups excluding carboxylic acids is 1. The summed E-state index contributed by atoms with van der Waals surface area (Å²) in [4.78, 5) is 12.5. The van der Waals surface area contributed by atoms with Gasteiger partial charge in [0.25, 0.3) is 5.91 Å². The second-order valence-electron chi connectivity index (χ2n) is 6.28. The Morgan fingerprint density at radius 1 is 1.10 bits per heavy atom. The molecule has 144 valence electrons. The van der Waals surface area contributed by atoms with Gasteiger partial charge in [0.05, 0.1) is 0 Å². The minimum absolute atomic E-state index is 0.0655. The number of hydrogen-bond donors (Lipinski definition) is 2. The van der Waals surface area contributed by atoms with Crippen LogP contribution in [0.15, 0.2) is 72.3 Å². The van der Waals surface area contributed by atoms with Crippen LogP contribution in [0.2, 0.25) is 5.02 Å². The lowest BCUT2D eigenvalue weighted by Gasteiger charge is -2.09. The van der Waals surface area contributed by atoms with E-state index in [1.54, 1.807) is 36.4 Å². The van der Waals surface area contributed by atoms with Gasteiger partial charge in [-0.3, -0.25) is 4.79 Å². The van der Waals surface area contributed by atoms with Crippen molar-refractivity contribution in [3.8, 4) is 11.8 Å². The lowest BCUT2D eigenvalue weighted by atomic mass is 9.98. The summed E-state index contributed by atoms with van der Waals surface area (Å²) in [5.41, 5.74) is 2.08. The summed E-state index contributed by atoms with van der Waals surface area (Å²) in [5, 5.41) is 21.8. The number of nitrogens with zero attached hydrogens (tertiary/aromatic N) is 1. The molecule has 0 aliphatic rings. The van der Waals surface area contributed by atoms with E-state index in [1.165, 1.54) is 36.4 Å². The molecule has 3 aromatic rings. The molecular formula is C23H16ClFN2O2. The average molecular weight is 407 g/mol. The average Bonchev–Trinajstić information content (AvgIpc) is 2.71. The predicted octanol–water partition coefficient (Wildman–Crippen LogP) is 5.32. The Kier molecular flexibility index (Phi) is 6.28. The molecule has 3 rings (SSSR count). The lowest BCUT2D eigenvalue weighted by Crippen LogP contribution is -2.13. The molecule has 0 aliphatic heterocycles. The summed E-state index contributed by atoms with van der Waals surface area (Å²) < 4.78 is 14.0. The third-order valence-corrected chi connectivity index (χ3v) is 4.47. The number of aromatic hydroxyl groups is 1. The number of nitriles is 1. The second kappa shape index (κ2) is 9.05. The molecule has 0 aromatic heterocycles. The maximum atomic E-state index is 14.0. The minimum atomic E-state index is -0.602. The van der Waals surface area contributed by atoms with E-state index in [-0.39, 0.29) is 23.6 Å². The van der Waals surface area contributed by atoms with Gasteiger partial charge in [0.1, 0.15) is 23.2 Å². The van der Waals surface area contributed by atoms with Gasteiger partial charge in [-0.05, 0) is 65.2 Å². The predicted molar refractivity (Wildman–Crippen MR) is 111 cm³/mol. The van der Waals surface area contributed by atoms with Crippen LogP contribution in [0.5, 0.6) is 5.75 Å². The van der Waals surface area contributed by atoms with Crippen LogP contribution in [0.1, 0.15) is 16.7 Å². The summed E-state index contributed by atoms with van der Waals surface area (Å²) in [6, 6.07) is 19.2. The number of amides is 1. The van der Waals surface area contributed by atoms with E-state index in [2.05, 4.69) is 5.32 Å². The minimum Gasteiger partial charge on any atom is -0.508 e. The van der Waals surface area contributed by atoms with E-state index in [0.717, 1.165) is 5.56 Å². The number of phenols is 1. The fourth-order valence-corrected chi connectivity index (χ4v) is 2.94. The van der Waals surface area contributed by atoms with Gasteiger partial charge in [0.2, 0.25) is 0 Å². The third-order valence-electron chi connectivity index (χ3n) is 4.24. The SMILES string of the molecule is N#C/C(=C\c1cc(Cl)ccc1Cc1ccccc1F)C(=O)Nc1ccc(O)cc1. The number of rotatable bonds is 5. The number of benzene rings is 3. The Labute approximate surface area is 172 Å². The summed E-state index contributed by atoms with van der Waals surface area (Å²) in [6.45, 7) is 0. The summed E-state index contributed by atoms with van der Waals surface area (Å²) in [6.07, 6.45) is 1.71. The number of phenolic OH excluding ortho intramolecular Hbond substituents is 1. The van der Waals surface area contributed by atoms with Crippen LogP contribution in [0, 0.1) is 17.1 Å². The summed E-state index contributed by atoms with van der Waals surface area (Å²) >= 11 is 6.09. The zero-order chi connectivity index (χ0) is 20.8. The van der Waals surface area contributed by atoms with E-state index in [1.807, 2.05) is 6.07 Å². The van der Waals surface area contributed by atoms with Crippen molar-refractivity contribution in [2.24, 2.45) is 0 Å². The Hall–Kier alpha value is -3.62. The Bertz CT molecular complexity index is 1120.